The Morgan fingerprint density at radius 1 is 1.24 bits per heavy atom. The lowest BCUT2D eigenvalue weighted by molar-refractivity contribution is -0.122. The van der Waals surface area contributed by atoms with Gasteiger partial charge in [0.2, 0.25) is 15.9 Å². The second-order valence-electron chi connectivity index (χ2n) is 6.88. The minimum atomic E-state index is -3.89. The number of aryl methyl sites for hydroxylation is 1. The second-order valence-corrected chi connectivity index (χ2v) is 8.74. The lowest BCUT2D eigenvalue weighted by Crippen LogP contribution is -2.48. The van der Waals surface area contributed by atoms with Crippen molar-refractivity contribution in [2.75, 3.05) is 17.7 Å². The molecule has 0 radical (unpaired) electrons. The predicted molar refractivity (Wildman–Crippen MR) is 112 cm³/mol. The number of anilines is 1. The van der Waals surface area contributed by atoms with E-state index in [9.17, 15) is 17.6 Å². The topological polar surface area (TPSA) is 75.7 Å². The second kappa shape index (κ2) is 9.26. The van der Waals surface area contributed by atoms with Crippen LogP contribution in [-0.4, -0.2) is 33.7 Å². The number of nitrogens with zero attached hydrogens (tertiary/aromatic N) is 1. The molecule has 2 atom stereocenters. The number of rotatable bonds is 8. The van der Waals surface area contributed by atoms with Crippen molar-refractivity contribution in [2.24, 2.45) is 0 Å². The van der Waals surface area contributed by atoms with Crippen LogP contribution in [0.1, 0.15) is 37.4 Å². The number of ether oxygens (including phenoxy) is 1. The number of carbonyl (C=O) groups excluding carboxylic acids is 1. The minimum Gasteiger partial charge on any atom is -0.496 e. The van der Waals surface area contributed by atoms with Crippen LogP contribution >= 0.6 is 0 Å². The number of amides is 1. The molecule has 1 amide bonds. The Labute approximate surface area is 171 Å². The molecule has 2 unspecified atom stereocenters. The monoisotopic (exact) mass is 422 g/mol. The van der Waals surface area contributed by atoms with E-state index >= 15 is 0 Å². The van der Waals surface area contributed by atoms with Gasteiger partial charge in [-0.25, -0.2) is 12.8 Å². The fraction of sp³-hybridized carbons (Fsp3) is 0.381. The standard InChI is InChI=1S/C21H27FN2O4S/c1-6-18(16-11-12-20(28-4)14(2)13-16)23-21(25)15(3)24(29(5,26)27)19-10-8-7-9-17(19)22/h7-13,15,18H,6H2,1-5H3,(H,23,25). The van der Waals surface area contributed by atoms with Gasteiger partial charge in [0.05, 0.1) is 25.1 Å². The fourth-order valence-electron chi connectivity index (χ4n) is 3.24. The Morgan fingerprint density at radius 3 is 2.41 bits per heavy atom. The van der Waals surface area contributed by atoms with E-state index in [1.807, 2.05) is 32.0 Å². The molecule has 8 heteroatoms. The van der Waals surface area contributed by atoms with Crippen molar-refractivity contribution in [2.45, 2.75) is 39.3 Å². The van der Waals surface area contributed by atoms with Crippen LogP contribution in [0.3, 0.4) is 0 Å². The fourth-order valence-corrected chi connectivity index (χ4v) is 4.42. The summed E-state index contributed by atoms with van der Waals surface area (Å²) in [4.78, 5) is 12.9. The van der Waals surface area contributed by atoms with Gasteiger partial charge in [0.25, 0.3) is 0 Å². The summed E-state index contributed by atoms with van der Waals surface area (Å²) >= 11 is 0. The number of methoxy groups -OCH3 is 1. The molecule has 1 N–H and O–H groups in total. The molecule has 0 bridgehead atoms. The SMILES string of the molecule is CCC(NC(=O)C(C)N(c1ccccc1F)S(C)(=O)=O)c1ccc(OC)c(C)c1. The van der Waals surface area contributed by atoms with Crippen molar-refractivity contribution in [3.8, 4) is 5.75 Å². The van der Waals surface area contributed by atoms with Crippen LogP contribution in [-0.2, 0) is 14.8 Å². The number of benzene rings is 2. The zero-order valence-electron chi connectivity index (χ0n) is 17.3. The maximum Gasteiger partial charge on any atom is 0.244 e. The summed E-state index contributed by atoms with van der Waals surface area (Å²) in [6.07, 6.45) is 1.55. The van der Waals surface area contributed by atoms with Crippen LogP contribution in [0, 0.1) is 12.7 Å². The van der Waals surface area contributed by atoms with E-state index in [1.165, 1.54) is 25.1 Å². The van der Waals surface area contributed by atoms with E-state index < -0.39 is 27.8 Å². The third-order valence-electron chi connectivity index (χ3n) is 4.72. The molecule has 0 spiro atoms. The molecule has 6 nitrogen and oxygen atoms in total. The maximum absolute atomic E-state index is 14.3. The zero-order chi connectivity index (χ0) is 21.8. The number of sulfonamides is 1. The molecule has 158 valence electrons. The summed E-state index contributed by atoms with van der Waals surface area (Å²) in [5.41, 5.74) is 1.64. The van der Waals surface area contributed by atoms with Gasteiger partial charge >= 0.3 is 0 Å². The first-order chi connectivity index (χ1) is 13.6. The smallest absolute Gasteiger partial charge is 0.244 e. The van der Waals surface area contributed by atoms with Crippen molar-refractivity contribution >= 4 is 21.6 Å². The molecule has 0 fully saturated rings. The molecule has 2 aromatic rings. The Hall–Kier alpha value is -2.61. The highest BCUT2D eigenvalue weighted by atomic mass is 32.2. The third kappa shape index (κ3) is 5.26. The largest absolute Gasteiger partial charge is 0.496 e. The number of hydrogen-bond donors (Lipinski definition) is 1. The van der Waals surface area contributed by atoms with Crippen molar-refractivity contribution < 1.29 is 22.3 Å². The van der Waals surface area contributed by atoms with Gasteiger partial charge < -0.3 is 10.1 Å². The molecule has 2 rings (SSSR count). The number of halogens is 1. The van der Waals surface area contributed by atoms with Crippen molar-refractivity contribution in [1.82, 2.24) is 5.32 Å². The van der Waals surface area contributed by atoms with Crippen LogP contribution in [0.2, 0.25) is 0 Å². The Balaban J connectivity index is 2.31. The molecule has 0 aliphatic rings. The molecule has 29 heavy (non-hydrogen) atoms. The van der Waals surface area contributed by atoms with Gasteiger partial charge in [0.1, 0.15) is 17.6 Å². The number of nitrogens with one attached hydrogen (secondary N) is 1. The van der Waals surface area contributed by atoms with Crippen LogP contribution in [0.5, 0.6) is 5.75 Å². The lowest BCUT2D eigenvalue weighted by Gasteiger charge is -2.30. The maximum atomic E-state index is 14.3. The number of hydrogen-bond acceptors (Lipinski definition) is 4. The highest BCUT2D eigenvalue weighted by Gasteiger charge is 2.31. The van der Waals surface area contributed by atoms with Crippen molar-refractivity contribution in [3.63, 3.8) is 0 Å². The van der Waals surface area contributed by atoms with Crippen LogP contribution in [0.25, 0.3) is 0 Å². The zero-order valence-corrected chi connectivity index (χ0v) is 18.1. The summed E-state index contributed by atoms with van der Waals surface area (Å²) in [7, 11) is -2.30. The minimum absolute atomic E-state index is 0.161. The first-order valence-corrected chi connectivity index (χ1v) is 11.1. The summed E-state index contributed by atoms with van der Waals surface area (Å²) in [5.74, 6) is -0.486. The molecule has 0 heterocycles. The molecular weight excluding hydrogens is 395 g/mol. The molecule has 0 saturated carbocycles. The van der Waals surface area contributed by atoms with Gasteiger partial charge in [-0.1, -0.05) is 31.2 Å². The summed E-state index contributed by atoms with van der Waals surface area (Å²) < 4.78 is 45.0. The Bertz CT molecular complexity index is 978. The Kier molecular flexibility index (Phi) is 7.24. The van der Waals surface area contributed by atoms with E-state index in [0.717, 1.165) is 33.5 Å². The molecule has 2 aromatic carbocycles. The summed E-state index contributed by atoms with van der Waals surface area (Å²) in [5, 5.41) is 2.88. The first-order valence-electron chi connectivity index (χ1n) is 9.29. The molecule has 0 saturated heterocycles. The van der Waals surface area contributed by atoms with Crippen LogP contribution < -0.4 is 14.4 Å². The predicted octanol–water partition coefficient (Wildman–Crippen LogP) is 3.56. The van der Waals surface area contributed by atoms with E-state index in [4.69, 9.17) is 4.74 Å². The van der Waals surface area contributed by atoms with Gasteiger partial charge in [-0.05, 0) is 49.6 Å². The summed E-state index contributed by atoms with van der Waals surface area (Å²) in [6, 6.07) is 9.63. The van der Waals surface area contributed by atoms with E-state index in [-0.39, 0.29) is 11.7 Å². The lowest BCUT2D eigenvalue weighted by atomic mass is 10.0. The van der Waals surface area contributed by atoms with Crippen LogP contribution in [0.4, 0.5) is 10.1 Å². The first kappa shape index (κ1) is 22.7. The van der Waals surface area contributed by atoms with Gasteiger partial charge in [0.15, 0.2) is 0 Å². The van der Waals surface area contributed by atoms with E-state index in [1.54, 1.807) is 7.11 Å². The molecule has 0 aliphatic heterocycles. The summed E-state index contributed by atoms with van der Waals surface area (Å²) in [6.45, 7) is 5.26. The van der Waals surface area contributed by atoms with E-state index in [0.29, 0.717) is 6.42 Å². The molecule has 0 aromatic heterocycles. The highest BCUT2D eigenvalue weighted by Crippen LogP contribution is 2.26. The number of carbonyl (C=O) groups is 1. The average Bonchev–Trinajstić information content (AvgIpc) is 2.66. The normalized spacial score (nSPS) is 13.4. The third-order valence-corrected chi connectivity index (χ3v) is 5.95. The molecule has 0 aliphatic carbocycles. The van der Waals surface area contributed by atoms with Gasteiger partial charge in [-0.2, -0.15) is 0 Å². The Morgan fingerprint density at radius 2 is 1.90 bits per heavy atom. The van der Waals surface area contributed by atoms with E-state index in [2.05, 4.69) is 5.32 Å². The quantitative estimate of drug-likeness (QED) is 0.706. The van der Waals surface area contributed by atoms with Gasteiger partial charge in [-0.3, -0.25) is 9.10 Å². The average molecular weight is 423 g/mol. The van der Waals surface area contributed by atoms with Crippen LogP contribution in [0.15, 0.2) is 42.5 Å². The van der Waals surface area contributed by atoms with Gasteiger partial charge in [-0.15, -0.1) is 0 Å². The van der Waals surface area contributed by atoms with Crippen molar-refractivity contribution in [1.29, 1.82) is 0 Å². The molecular formula is C21H27FN2O4S. The van der Waals surface area contributed by atoms with Crippen molar-refractivity contribution in [3.05, 3.63) is 59.4 Å². The van der Waals surface area contributed by atoms with Gasteiger partial charge in [0, 0.05) is 0 Å². The number of para-hydroxylation sites is 1. The highest BCUT2D eigenvalue weighted by molar-refractivity contribution is 7.92.